The van der Waals surface area contributed by atoms with Crippen molar-refractivity contribution in [2.45, 2.75) is 13.5 Å². The number of aromatic nitrogens is 1. The summed E-state index contributed by atoms with van der Waals surface area (Å²) in [6.45, 7) is 2.63. The highest BCUT2D eigenvalue weighted by molar-refractivity contribution is 5.93. The third-order valence-electron chi connectivity index (χ3n) is 3.21. The molecule has 0 N–H and O–H groups in total. The van der Waals surface area contributed by atoms with E-state index in [2.05, 4.69) is 4.98 Å². The average Bonchev–Trinajstić information content (AvgIpc) is 2.49. The van der Waals surface area contributed by atoms with Crippen molar-refractivity contribution in [2.75, 3.05) is 14.2 Å². The molecule has 20 heavy (non-hydrogen) atoms. The van der Waals surface area contributed by atoms with Gasteiger partial charge in [0.25, 0.3) is 5.91 Å². The molecule has 0 saturated heterocycles. The number of nitrogens with zero attached hydrogens (tertiary/aromatic N) is 2. The summed E-state index contributed by atoms with van der Waals surface area (Å²) in [6.07, 6.45) is 1.54. The smallest absolute Gasteiger partial charge is 0.255 e. The van der Waals surface area contributed by atoms with Crippen LogP contribution in [0.4, 0.5) is 0 Å². The van der Waals surface area contributed by atoms with Gasteiger partial charge in [-0.25, -0.2) is 4.98 Å². The Labute approximate surface area is 119 Å². The van der Waals surface area contributed by atoms with E-state index >= 15 is 0 Å². The maximum atomic E-state index is 12.3. The Hall–Kier alpha value is -2.36. The Morgan fingerprint density at radius 1 is 1.25 bits per heavy atom. The first-order valence-corrected chi connectivity index (χ1v) is 6.42. The molecule has 0 saturated carbocycles. The van der Waals surface area contributed by atoms with Crippen LogP contribution in [0.2, 0.25) is 0 Å². The fraction of sp³-hybridized carbons (Fsp3) is 0.250. The second-order valence-electron chi connectivity index (χ2n) is 4.68. The van der Waals surface area contributed by atoms with E-state index in [0.717, 1.165) is 5.56 Å². The molecule has 1 heterocycles. The molecule has 0 atom stereocenters. The van der Waals surface area contributed by atoms with Crippen LogP contribution in [-0.2, 0) is 6.54 Å². The van der Waals surface area contributed by atoms with Crippen LogP contribution in [0.5, 0.6) is 5.88 Å². The number of carbonyl (C=O) groups is 1. The van der Waals surface area contributed by atoms with E-state index in [4.69, 9.17) is 4.74 Å². The minimum Gasteiger partial charge on any atom is -0.481 e. The number of carbonyl (C=O) groups excluding carboxylic acids is 1. The van der Waals surface area contributed by atoms with Gasteiger partial charge in [-0.1, -0.05) is 24.3 Å². The van der Waals surface area contributed by atoms with Gasteiger partial charge in [-0.05, 0) is 24.1 Å². The molecule has 2 rings (SSSR count). The van der Waals surface area contributed by atoms with Crippen molar-refractivity contribution < 1.29 is 9.53 Å². The molecule has 0 bridgehead atoms. The summed E-state index contributed by atoms with van der Waals surface area (Å²) < 4.78 is 4.98. The summed E-state index contributed by atoms with van der Waals surface area (Å²) in [5.74, 6) is 0.450. The number of hydrogen-bond acceptors (Lipinski definition) is 3. The summed E-state index contributed by atoms with van der Waals surface area (Å²) in [4.78, 5) is 18.0. The fourth-order valence-corrected chi connectivity index (χ4v) is 1.96. The van der Waals surface area contributed by atoms with Crippen LogP contribution < -0.4 is 4.74 Å². The summed E-state index contributed by atoms with van der Waals surface area (Å²) in [7, 11) is 3.34. The first-order valence-electron chi connectivity index (χ1n) is 6.42. The van der Waals surface area contributed by atoms with Crippen LogP contribution in [0.25, 0.3) is 0 Å². The van der Waals surface area contributed by atoms with E-state index in [9.17, 15) is 4.79 Å². The van der Waals surface area contributed by atoms with Crippen LogP contribution >= 0.6 is 0 Å². The quantitative estimate of drug-likeness (QED) is 0.857. The van der Waals surface area contributed by atoms with Crippen LogP contribution in [0.3, 0.4) is 0 Å². The zero-order chi connectivity index (χ0) is 14.5. The molecule has 0 radical (unpaired) electrons. The van der Waals surface area contributed by atoms with E-state index in [1.165, 1.54) is 11.8 Å². The van der Waals surface area contributed by atoms with Crippen molar-refractivity contribution in [1.82, 2.24) is 9.88 Å². The Bertz CT molecular complexity index is 594. The van der Waals surface area contributed by atoms with Gasteiger partial charge in [0.15, 0.2) is 0 Å². The molecular formula is C16H18N2O2. The van der Waals surface area contributed by atoms with E-state index < -0.39 is 0 Å². The van der Waals surface area contributed by atoms with Crippen molar-refractivity contribution in [3.05, 3.63) is 59.3 Å². The predicted molar refractivity (Wildman–Crippen MR) is 77.8 cm³/mol. The number of hydrogen-bond donors (Lipinski definition) is 0. The number of benzene rings is 1. The monoisotopic (exact) mass is 270 g/mol. The zero-order valence-electron chi connectivity index (χ0n) is 12.0. The molecule has 0 fully saturated rings. The highest BCUT2D eigenvalue weighted by Crippen LogP contribution is 2.13. The van der Waals surface area contributed by atoms with E-state index in [1.807, 2.05) is 31.2 Å². The Balaban J connectivity index is 2.10. The molecule has 1 amide bonds. The number of methoxy groups -OCH3 is 1. The molecule has 0 unspecified atom stereocenters. The first kappa shape index (κ1) is 14.1. The predicted octanol–water partition coefficient (Wildman–Crippen LogP) is 2.67. The van der Waals surface area contributed by atoms with E-state index in [1.54, 1.807) is 31.2 Å². The molecule has 1 aromatic heterocycles. The summed E-state index contributed by atoms with van der Waals surface area (Å²) in [5.41, 5.74) is 2.88. The van der Waals surface area contributed by atoms with Gasteiger partial charge in [-0.2, -0.15) is 0 Å². The average molecular weight is 270 g/mol. The van der Waals surface area contributed by atoms with Crippen LogP contribution in [0.15, 0.2) is 42.6 Å². The van der Waals surface area contributed by atoms with Crippen molar-refractivity contribution >= 4 is 5.91 Å². The van der Waals surface area contributed by atoms with Crippen molar-refractivity contribution in [1.29, 1.82) is 0 Å². The number of pyridine rings is 1. The summed E-state index contributed by atoms with van der Waals surface area (Å²) in [6, 6.07) is 11.5. The zero-order valence-corrected chi connectivity index (χ0v) is 12.0. The summed E-state index contributed by atoms with van der Waals surface area (Å²) >= 11 is 0. The molecule has 0 aliphatic carbocycles. The third-order valence-corrected chi connectivity index (χ3v) is 3.21. The lowest BCUT2D eigenvalue weighted by molar-refractivity contribution is 0.0784. The van der Waals surface area contributed by atoms with Crippen LogP contribution in [0.1, 0.15) is 21.5 Å². The van der Waals surface area contributed by atoms with Crippen molar-refractivity contribution in [3.63, 3.8) is 0 Å². The lowest BCUT2D eigenvalue weighted by Gasteiger charge is -2.18. The van der Waals surface area contributed by atoms with Gasteiger partial charge in [-0.3, -0.25) is 4.79 Å². The Morgan fingerprint density at radius 3 is 2.60 bits per heavy atom. The highest BCUT2D eigenvalue weighted by Gasteiger charge is 2.13. The lowest BCUT2D eigenvalue weighted by Crippen LogP contribution is -2.26. The Kier molecular flexibility index (Phi) is 4.35. The number of amides is 1. The molecule has 0 aliphatic heterocycles. The molecule has 104 valence electrons. The second kappa shape index (κ2) is 6.19. The lowest BCUT2D eigenvalue weighted by atomic mass is 10.1. The third kappa shape index (κ3) is 3.15. The van der Waals surface area contributed by atoms with E-state index in [0.29, 0.717) is 18.0 Å². The fourth-order valence-electron chi connectivity index (χ4n) is 1.96. The second-order valence-corrected chi connectivity index (χ2v) is 4.68. The molecule has 0 spiro atoms. The van der Waals surface area contributed by atoms with Gasteiger partial charge in [0, 0.05) is 25.9 Å². The normalized spacial score (nSPS) is 10.2. The number of ether oxygens (including phenoxy) is 1. The first-order chi connectivity index (χ1) is 9.61. The Morgan fingerprint density at radius 2 is 2.00 bits per heavy atom. The summed E-state index contributed by atoms with van der Waals surface area (Å²) in [5, 5.41) is 0. The maximum Gasteiger partial charge on any atom is 0.255 e. The largest absolute Gasteiger partial charge is 0.481 e. The van der Waals surface area contributed by atoms with Gasteiger partial charge in [-0.15, -0.1) is 0 Å². The van der Waals surface area contributed by atoms with Gasteiger partial charge >= 0.3 is 0 Å². The van der Waals surface area contributed by atoms with Gasteiger partial charge in [0.2, 0.25) is 5.88 Å². The molecule has 0 aliphatic rings. The van der Waals surface area contributed by atoms with Gasteiger partial charge in [0.05, 0.1) is 12.7 Å². The van der Waals surface area contributed by atoms with E-state index in [-0.39, 0.29) is 5.91 Å². The minimum atomic E-state index is -0.0524. The molecule has 2 aromatic rings. The maximum absolute atomic E-state index is 12.3. The van der Waals surface area contributed by atoms with Crippen LogP contribution in [0, 0.1) is 6.92 Å². The van der Waals surface area contributed by atoms with Crippen molar-refractivity contribution in [2.24, 2.45) is 0 Å². The number of rotatable bonds is 4. The van der Waals surface area contributed by atoms with Gasteiger partial charge in [0.1, 0.15) is 0 Å². The van der Waals surface area contributed by atoms with Crippen molar-refractivity contribution in [3.8, 4) is 5.88 Å². The van der Waals surface area contributed by atoms with Crippen LogP contribution in [-0.4, -0.2) is 29.9 Å². The minimum absolute atomic E-state index is 0.0524. The van der Waals surface area contributed by atoms with Gasteiger partial charge < -0.3 is 9.64 Å². The highest BCUT2D eigenvalue weighted by atomic mass is 16.5. The molecule has 4 heteroatoms. The SMILES string of the molecule is COc1ccc(C(=O)N(C)Cc2ccccc2C)cn1. The molecule has 1 aromatic carbocycles. The molecular weight excluding hydrogens is 252 g/mol. The number of aryl methyl sites for hydroxylation is 1. The molecule has 4 nitrogen and oxygen atoms in total. The standard InChI is InChI=1S/C16H18N2O2/c1-12-6-4-5-7-14(12)11-18(2)16(19)13-8-9-15(20-3)17-10-13/h4-10H,11H2,1-3H3. The topological polar surface area (TPSA) is 42.4 Å².